The summed E-state index contributed by atoms with van der Waals surface area (Å²) in [4.78, 5) is 12.5. The Bertz CT molecular complexity index is 1360. The molecule has 2 N–H and O–H groups in total. The van der Waals surface area contributed by atoms with Crippen LogP contribution in [0.3, 0.4) is 0 Å². The highest BCUT2D eigenvalue weighted by atomic mass is 16.5. The largest absolute Gasteiger partial charge is 0.507 e. The van der Waals surface area contributed by atoms with Crippen molar-refractivity contribution >= 4 is 27.5 Å². The predicted molar refractivity (Wildman–Crippen MR) is 127 cm³/mol. The molecule has 4 aromatic rings. The first-order valence-corrected chi connectivity index (χ1v) is 10.3. The van der Waals surface area contributed by atoms with Crippen LogP contribution in [0.2, 0.25) is 0 Å². The molecule has 0 fully saturated rings. The van der Waals surface area contributed by atoms with Crippen LogP contribution in [-0.2, 0) is 10.2 Å². The van der Waals surface area contributed by atoms with Crippen molar-refractivity contribution < 1.29 is 24.5 Å². The number of aromatic hydroxyl groups is 2. The minimum atomic E-state index is -0.649. The maximum atomic E-state index is 12.5. The van der Waals surface area contributed by atoms with E-state index in [1.54, 1.807) is 25.3 Å². The van der Waals surface area contributed by atoms with Crippen molar-refractivity contribution in [3.63, 3.8) is 0 Å². The maximum Gasteiger partial charge on any atom is 0.341 e. The number of fused-ring (bicyclic) bond motifs is 2. The summed E-state index contributed by atoms with van der Waals surface area (Å²) < 4.78 is 10.3. The molecular weight excluding hydrogens is 404 g/mol. The Labute approximate surface area is 186 Å². The summed E-state index contributed by atoms with van der Waals surface area (Å²) in [6.45, 7) is 6.33. The second kappa shape index (κ2) is 7.75. The lowest BCUT2D eigenvalue weighted by molar-refractivity contribution is 0.0597. The number of carbonyl (C=O) groups excluding carboxylic acids is 1. The Morgan fingerprint density at radius 1 is 0.812 bits per heavy atom. The molecule has 0 heterocycles. The highest BCUT2D eigenvalue weighted by molar-refractivity contribution is 6.13. The number of benzene rings is 4. The molecule has 0 bridgehead atoms. The first kappa shape index (κ1) is 21.5. The summed E-state index contributed by atoms with van der Waals surface area (Å²) in [7, 11) is 2.85. The Kier molecular flexibility index (Phi) is 5.21. The van der Waals surface area contributed by atoms with E-state index >= 15 is 0 Å². The molecule has 0 aliphatic heterocycles. The van der Waals surface area contributed by atoms with Gasteiger partial charge in [-0.1, -0.05) is 51.1 Å². The molecule has 0 amide bonds. The quantitative estimate of drug-likeness (QED) is 0.381. The van der Waals surface area contributed by atoms with E-state index in [-0.39, 0.29) is 22.5 Å². The molecule has 0 saturated heterocycles. The standard InChI is InChI=1S/C27H26O5/c1-27(2,3)17-8-10-19-16(12-17)13-21(26(30)32-5)25(29)24(19)23-20-14-18(31-4)9-6-15(20)7-11-22(23)28/h6-14,28-29H,1-5H3. The van der Waals surface area contributed by atoms with Crippen LogP contribution >= 0.6 is 0 Å². The Morgan fingerprint density at radius 2 is 1.53 bits per heavy atom. The third-order valence-corrected chi connectivity index (χ3v) is 5.84. The topological polar surface area (TPSA) is 76.0 Å². The van der Waals surface area contributed by atoms with Crippen molar-refractivity contribution in [2.75, 3.05) is 14.2 Å². The Morgan fingerprint density at radius 3 is 2.19 bits per heavy atom. The lowest BCUT2D eigenvalue weighted by Gasteiger charge is -2.21. The molecular formula is C27H26O5. The molecule has 0 radical (unpaired) electrons. The molecule has 0 saturated carbocycles. The number of methoxy groups -OCH3 is 2. The van der Waals surface area contributed by atoms with Gasteiger partial charge in [-0.15, -0.1) is 0 Å². The number of phenols is 2. The number of carbonyl (C=O) groups is 1. The SMILES string of the molecule is COC(=O)c1cc2cc(C(C)(C)C)ccc2c(-c2c(O)ccc3ccc(OC)cc23)c1O. The maximum absolute atomic E-state index is 12.5. The monoisotopic (exact) mass is 430 g/mol. The molecule has 0 aliphatic rings. The van der Waals surface area contributed by atoms with Crippen LogP contribution in [-0.4, -0.2) is 30.4 Å². The Balaban J connectivity index is 2.18. The normalized spacial score (nSPS) is 11.7. The molecule has 0 unspecified atom stereocenters. The van der Waals surface area contributed by atoms with Crippen LogP contribution in [0, 0.1) is 0 Å². The third-order valence-electron chi connectivity index (χ3n) is 5.84. The van der Waals surface area contributed by atoms with Crippen LogP contribution < -0.4 is 4.74 Å². The van der Waals surface area contributed by atoms with Gasteiger partial charge in [-0.3, -0.25) is 0 Å². The number of ether oxygens (including phenoxy) is 2. The van der Waals surface area contributed by atoms with Gasteiger partial charge in [-0.05, 0) is 56.8 Å². The second-order valence-corrected chi connectivity index (χ2v) is 8.87. The zero-order valence-electron chi connectivity index (χ0n) is 18.8. The van der Waals surface area contributed by atoms with E-state index in [0.29, 0.717) is 27.6 Å². The summed E-state index contributed by atoms with van der Waals surface area (Å²) in [5, 5.41) is 25.2. The van der Waals surface area contributed by atoms with Gasteiger partial charge in [-0.2, -0.15) is 0 Å². The van der Waals surface area contributed by atoms with Crippen molar-refractivity contribution in [1.29, 1.82) is 0 Å². The van der Waals surface area contributed by atoms with Crippen LogP contribution in [0.4, 0.5) is 0 Å². The van der Waals surface area contributed by atoms with Gasteiger partial charge in [0.05, 0.1) is 14.2 Å². The molecule has 4 aromatic carbocycles. The molecule has 4 rings (SSSR count). The number of hydrogen-bond acceptors (Lipinski definition) is 5. The summed E-state index contributed by atoms with van der Waals surface area (Å²) >= 11 is 0. The predicted octanol–water partition coefficient (Wildman–Crippen LogP) is 6.16. The van der Waals surface area contributed by atoms with Gasteiger partial charge >= 0.3 is 5.97 Å². The molecule has 0 spiro atoms. The average molecular weight is 431 g/mol. The van der Waals surface area contributed by atoms with Crippen molar-refractivity contribution in [2.45, 2.75) is 26.2 Å². The van der Waals surface area contributed by atoms with E-state index in [1.807, 2.05) is 36.4 Å². The van der Waals surface area contributed by atoms with Gasteiger partial charge in [0.25, 0.3) is 0 Å². The number of esters is 1. The van der Waals surface area contributed by atoms with E-state index in [4.69, 9.17) is 9.47 Å². The average Bonchev–Trinajstić information content (AvgIpc) is 2.77. The molecule has 32 heavy (non-hydrogen) atoms. The van der Waals surface area contributed by atoms with E-state index < -0.39 is 5.97 Å². The first-order valence-electron chi connectivity index (χ1n) is 10.3. The highest BCUT2D eigenvalue weighted by Gasteiger charge is 2.24. The van der Waals surface area contributed by atoms with Gasteiger partial charge in [0.2, 0.25) is 0 Å². The van der Waals surface area contributed by atoms with Gasteiger partial charge in [-0.25, -0.2) is 4.79 Å². The van der Waals surface area contributed by atoms with Crippen LogP contribution in [0.1, 0.15) is 36.7 Å². The van der Waals surface area contributed by atoms with Crippen molar-refractivity contribution in [2.24, 2.45) is 0 Å². The van der Waals surface area contributed by atoms with E-state index in [2.05, 4.69) is 20.8 Å². The van der Waals surface area contributed by atoms with Crippen molar-refractivity contribution in [3.8, 4) is 28.4 Å². The van der Waals surface area contributed by atoms with E-state index in [1.165, 1.54) is 7.11 Å². The highest BCUT2D eigenvalue weighted by Crippen LogP contribution is 2.47. The van der Waals surface area contributed by atoms with E-state index in [0.717, 1.165) is 16.3 Å². The fraction of sp³-hybridized carbons (Fsp3) is 0.222. The van der Waals surface area contributed by atoms with Gasteiger partial charge in [0, 0.05) is 11.1 Å². The zero-order chi connectivity index (χ0) is 23.2. The summed E-state index contributed by atoms with van der Waals surface area (Å²) in [5.74, 6) is -0.279. The van der Waals surface area contributed by atoms with Crippen LogP contribution in [0.15, 0.2) is 54.6 Å². The lowest BCUT2D eigenvalue weighted by atomic mass is 9.84. The summed E-state index contributed by atoms with van der Waals surface area (Å²) in [6, 6.07) is 16.5. The minimum Gasteiger partial charge on any atom is -0.507 e. The number of rotatable bonds is 3. The third kappa shape index (κ3) is 3.50. The summed E-state index contributed by atoms with van der Waals surface area (Å²) in [5.41, 5.74) is 1.83. The molecule has 5 heteroatoms. The zero-order valence-corrected chi connectivity index (χ0v) is 18.8. The van der Waals surface area contributed by atoms with E-state index in [9.17, 15) is 15.0 Å². The Hall–Kier alpha value is -3.73. The molecule has 0 aliphatic carbocycles. The van der Waals surface area contributed by atoms with Gasteiger partial charge < -0.3 is 19.7 Å². The number of hydrogen-bond donors (Lipinski definition) is 2. The number of phenolic OH excluding ortho intramolecular Hbond substituents is 2. The molecule has 164 valence electrons. The molecule has 5 nitrogen and oxygen atoms in total. The summed E-state index contributed by atoms with van der Waals surface area (Å²) in [6.07, 6.45) is 0. The van der Waals surface area contributed by atoms with Crippen LogP contribution in [0.25, 0.3) is 32.7 Å². The molecule has 0 atom stereocenters. The minimum absolute atomic E-state index is 0.00994. The van der Waals surface area contributed by atoms with Gasteiger partial charge in [0.1, 0.15) is 22.8 Å². The first-order chi connectivity index (χ1) is 15.2. The molecule has 0 aromatic heterocycles. The van der Waals surface area contributed by atoms with Crippen LogP contribution in [0.5, 0.6) is 17.2 Å². The smallest absolute Gasteiger partial charge is 0.341 e. The van der Waals surface area contributed by atoms with Crippen molar-refractivity contribution in [1.82, 2.24) is 0 Å². The second-order valence-electron chi connectivity index (χ2n) is 8.87. The fourth-order valence-corrected chi connectivity index (χ4v) is 4.06. The van der Waals surface area contributed by atoms with Crippen molar-refractivity contribution in [3.05, 3.63) is 65.7 Å². The fourth-order valence-electron chi connectivity index (χ4n) is 4.06. The van der Waals surface area contributed by atoms with Gasteiger partial charge in [0.15, 0.2) is 0 Å². The lowest BCUT2D eigenvalue weighted by Crippen LogP contribution is -2.11.